The fourth-order valence-corrected chi connectivity index (χ4v) is 11.2. The Morgan fingerprint density at radius 1 is 0.397 bits per heavy atom. The van der Waals surface area contributed by atoms with Gasteiger partial charge in [-0.3, -0.25) is 0 Å². The molecule has 1 aromatic heterocycles. The van der Waals surface area contributed by atoms with Gasteiger partial charge in [0, 0.05) is 31.8 Å². The van der Waals surface area contributed by atoms with E-state index >= 15 is 0 Å². The highest BCUT2D eigenvalue weighted by atomic mass is 32.2. The van der Waals surface area contributed by atoms with Gasteiger partial charge < -0.3 is 9.47 Å². The Hall–Kier alpha value is -7.07. The third-order valence-electron chi connectivity index (χ3n) is 12.3. The van der Waals surface area contributed by atoms with E-state index in [9.17, 15) is 0 Å². The third kappa shape index (κ3) is 4.68. The number of anilines is 3. The summed E-state index contributed by atoms with van der Waals surface area (Å²) in [6.45, 7) is 0. The highest BCUT2D eigenvalue weighted by Gasteiger charge is 2.50. The van der Waals surface area contributed by atoms with Crippen molar-refractivity contribution in [3.63, 3.8) is 0 Å². The molecule has 0 fully saturated rings. The van der Waals surface area contributed by atoms with Gasteiger partial charge in [0.2, 0.25) is 0 Å². The molecule has 1 unspecified atom stereocenters. The topological polar surface area (TPSA) is 8.17 Å². The Bertz CT molecular complexity index is 3200. The highest BCUT2D eigenvalue weighted by molar-refractivity contribution is 7.99. The summed E-state index contributed by atoms with van der Waals surface area (Å²) in [6.07, 6.45) is 0. The Morgan fingerprint density at radius 2 is 0.983 bits per heavy atom. The molecule has 3 heteroatoms. The number of aromatic nitrogens is 1. The molecule has 2 aliphatic rings. The van der Waals surface area contributed by atoms with Crippen LogP contribution in [0.4, 0.5) is 17.1 Å². The van der Waals surface area contributed by atoms with Crippen molar-refractivity contribution < 1.29 is 0 Å². The average Bonchev–Trinajstić information content (AvgIpc) is 3.64. The molecule has 1 atom stereocenters. The molecule has 0 bridgehead atoms. The van der Waals surface area contributed by atoms with E-state index < -0.39 is 5.41 Å². The normalized spacial score (nSPS) is 14.9. The summed E-state index contributed by atoms with van der Waals surface area (Å²) in [5.74, 6) is 0. The van der Waals surface area contributed by atoms with E-state index in [4.69, 9.17) is 0 Å². The largest absolute Gasteiger partial charge is 0.309 e. The van der Waals surface area contributed by atoms with Gasteiger partial charge in [0.1, 0.15) is 0 Å². The molecule has 2 nitrogen and oxygen atoms in total. The molecule has 0 N–H and O–H groups in total. The minimum Gasteiger partial charge on any atom is -0.309 e. The van der Waals surface area contributed by atoms with Crippen LogP contribution >= 0.6 is 11.8 Å². The van der Waals surface area contributed by atoms with Crippen LogP contribution in [0.1, 0.15) is 22.3 Å². The monoisotopic (exact) mass is 756 g/mol. The maximum absolute atomic E-state index is 2.52. The Morgan fingerprint density at radius 3 is 1.83 bits per heavy atom. The molecule has 0 saturated heterocycles. The van der Waals surface area contributed by atoms with Crippen LogP contribution in [0.25, 0.3) is 49.7 Å². The van der Waals surface area contributed by atoms with Gasteiger partial charge in [0.15, 0.2) is 0 Å². The number of hydrogen-bond donors (Lipinski definition) is 0. The molecule has 10 aromatic rings. The van der Waals surface area contributed by atoms with Crippen LogP contribution in [0.3, 0.4) is 0 Å². The first-order chi connectivity index (χ1) is 28.8. The molecule has 0 saturated carbocycles. The lowest BCUT2D eigenvalue weighted by Gasteiger charge is -2.46. The molecule has 3 heterocycles. The van der Waals surface area contributed by atoms with Crippen molar-refractivity contribution in [3.8, 4) is 27.9 Å². The lowest BCUT2D eigenvalue weighted by molar-refractivity contribution is 0.689. The molecule has 2 aliphatic heterocycles. The summed E-state index contributed by atoms with van der Waals surface area (Å²) in [5, 5.41) is 2.56. The average molecular weight is 757 g/mol. The zero-order valence-corrected chi connectivity index (χ0v) is 32.4. The predicted molar refractivity (Wildman–Crippen MR) is 242 cm³/mol. The molecule has 272 valence electrons. The quantitative estimate of drug-likeness (QED) is 0.173. The van der Waals surface area contributed by atoms with Gasteiger partial charge in [0.05, 0.1) is 33.5 Å². The van der Waals surface area contributed by atoms with Crippen molar-refractivity contribution in [2.75, 3.05) is 4.90 Å². The number of fused-ring (bicyclic) bond motifs is 11. The molecule has 58 heavy (non-hydrogen) atoms. The van der Waals surface area contributed by atoms with Crippen molar-refractivity contribution in [1.29, 1.82) is 0 Å². The first kappa shape index (κ1) is 33.1. The molecule has 9 aromatic carbocycles. The van der Waals surface area contributed by atoms with Gasteiger partial charge in [-0.05, 0) is 81.4 Å². The van der Waals surface area contributed by atoms with E-state index in [0.717, 1.165) is 17.1 Å². The lowest BCUT2D eigenvalue weighted by atomic mass is 9.62. The van der Waals surface area contributed by atoms with Gasteiger partial charge in [-0.1, -0.05) is 188 Å². The van der Waals surface area contributed by atoms with Crippen molar-refractivity contribution in [3.05, 3.63) is 241 Å². The molecule has 0 amide bonds. The maximum Gasteiger partial charge on any atom is 0.0765 e. The standard InChI is InChI=1S/C55H36N2S/c1-3-17-37(18-4-1)38-33-35-40(36-34-38)56(48-28-11-7-21-41(48)39-19-5-2-6-20-39)51-31-16-27-47-54(51)58-52-32-14-10-25-45(52)55(47)44-24-9-13-30-50(44)57-49-29-12-8-22-42(49)43-23-15-26-46(55)53(43)57/h1-36H. The third-order valence-corrected chi connectivity index (χ3v) is 13.5. The van der Waals surface area contributed by atoms with E-state index in [2.05, 4.69) is 228 Å². The minimum atomic E-state index is -0.574. The number of benzene rings is 9. The summed E-state index contributed by atoms with van der Waals surface area (Å²) < 4.78 is 2.52. The van der Waals surface area contributed by atoms with Gasteiger partial charge in [-0.2, -0.15) is 0 Å². The van der Waals surface area contributed by atoms with Crippen LogP contribution in [0.15, 0.2) is 228 Å². The maximum atomic E-state index is 2.52. The fourth-order valence-electron chi connectivity index (χ4n) is 9.88. The highest BCUT2D eigenvalue weighted by Crippen LogP contribution is 2.62. The number of para-hydroxylation sites is 4. The zero-order valence-electron chi connectivity index (χ0n) is 31.6. The van der Waals surface area contributed by atoms with Gasteiger partial charge in [0.25, 0.3) is 0 Å². The van der Waals surface area contributed by atoms with Crippen LogP contribution in [-0.4, -0.2) is 4.57 Å². The van der Waals surface area contributed by atoms with E-state index in [0.29, 0.717) is 0 Å². The lowest BCUT2D eigenvalue weighted by Crippen LogP contribution is -2.38. The zero-order chi connectivity index (χ0) is 38.2. The summed E-state index contributed by atoms with van der Waals surface area (Å²) in [4.78, 5) is 5.03. The van der Waals surface area contributed by atoms with Crippen molar-refractivity contribution in [1.82, 2.24) is 4.57 Å². The Labute approximate surface area is 342 Å². The van der Waals surface area contributed by atoms with Crippen LogP contribution in [0.5, 0.6) is 0 Å². The Kier molecular flexibility index (Phi) is 7.41. The predicted octanol–water partition coefficient (Wildman–Crippen LogP) is 14.7. The summed E-state index contributed by atoms with van der Waals surface area (Å²) in [6, 6.07) is 80.5. The summed E-state index contributed by atoms with van der Waals surface area (Å²) in [7, 11) is 0. The van der Waals surface area contributed by atoms with Crippen molar-refractivity contribution >= 4 is 50.6 Å². The molecule has 1 spiro atoms. The molecular formula is C55H36N2S. The molecule has 12 rings (SSSR count). The number of nitrogens with zero attached hydrogens (tertiary/aromatic N) is 2. The first-order valence-corrected chi connectivity index (χ1v) is 20.8. The number of rotatable bonds is 5. The Balaban J connectivity index is 1.18. The van der Waals surface area contributed by atoms with Gasteiger partial charge >= 0.3 is 0 Å². The fraction of sp³-hybridized carbons (Fsp3) is 0.0182. The van der Waals surface area contributed by atoms with Crippen LogP contribution in [0, 0.1) is 0 Å². The van der Waals surface area contributed by atoms with Gasteiger partial charge in [-0.15, -0.1) is 0 Å². The van der Waals surface area contributed by atoms with Crippen LogP contribution < -0.4 is 4.90 Å². The SMILES string of the molecule is c1ccc(-c2ccc(N(c3ccccc3-c3ccccc3)c3cccc4c3Sc3ccccc3C43c4ccccc4-n4c5ccccc5c5cccc3c54)cc2)cc1. The van der Waals surface area contributed by atoms with Crippen LogP contribution in [0.2, 0.25) is 0 Å². The van der Waals surface area contributed by atoms with E-state index in [1.165, 1.54) is 81.8 Å². The summed E-state index contributed by atoms with van der Waals surface area (Å²) >= 11 is 1.90. The smallest absolute Gasteiger partial charge is 0.0765 e. The van der Waals surface area contributed by atoms with E-state index in [1.54, 1.807) is 0 Å². The van der Waals surface area contributed by atoms with Crippen LogP contribution in [-0.2, 0) is 5.41 Å². The van der Waals surface area contributed by atoms with E-state index in [-0.39, 0.29) is 0 Å². The second-order valence-corrected chi connectivity index (χ2v) is 16.3. The second-order valence-electron chi connectivity index (χ2n) is 15.2. The van der Waals surface area contributed by atoms with E-state index in [1.807, 2.05) is 11.8 Å². The second kappa shape index (κ2) is 13.0. The molecular weight excluding hydrogens is 721 g/mol. The summed E-state index contributed by atoms with van der Waals surface area (Å²) in [5.41, 5.74) is 16.6. The van der Waals surface area contributed by atoms with Crippen molar-refractivity contribution in [2.24, 2.45) is 0 Å². The van der Waals surface area contributed by atoms with Crippen molar-refractivity contribution in [2.45, 2.75) is 15.2 Å². The molecule has 0 aliphatic carbocycles. The number of hydrogen-bond acceptors (Lipinski definition) is 2. The first-order valence-electron chi connectivity index (χ1n) is 19.9. The minimum absolute atomic E-state index is 0.574. The molecule has 0 radical (unpaired) electrons. The van der Waals surface area contributed by atoms with Gasteiger partial charge in [-0.25, -0.2) is 0 Å².